The second kappa shape index (κ2) is 6.02. The molecule has 19 heavy (non-hydrogen) atoms. The minimum absolute atomic E-state index is 0.239. The SMILES string of the molecule is COc1ccc(NC(=O)[C@@H](N)c2ccccc2)cc1. The Bertz CT molecular complexity index is 538. The summed E-state index contributed by atoms with van der Waals surface area (Å²) in [5, 5.41) is 2.77. The summed E-state index contributed by atoms with van der Waals surface area (Å²) in [7, 11) is 1.60. The van der Waals surface area contributed by atoms with E-state index in [-0.39, 0.29) is 5.91 Å². The van der Waals surface area contributed by atoms with E-state index in [1.807, 2.05) is 30.3 Å². The summed E-state index contributed by atoms with van der Waals surface area (Å²) in [5.41, 5.74) is 7.38. The van der Waals surface area contributed by atoms with Crippen LogP contribution >= 0.6 is 0 Å². The average Bonchev–Trinajstić information content (AvgIpc) is 2.48. The molecule has 2 aromatic carbocycles. The molecule has 3 N–H and O–H groups in total. The number of carbonyl (C=O) groups is 1. The average molecular weight is 256 g/mol. The first-order valence-electron chi connectivity index (χ1n) is 5.96. The predicted octanol–water partition coefficient (Wildman–Crippen LogP) is 2.33. The van der Waals surface area contributed by atoms with Gasteiger partial charge in [0.15, 0.2) is 0 Å². The molecule has 0 aliphatic rings. The zero-order chi connectivity index (χ0) is 13.7. The second-order valence-corrected chi connectivity index (χ2v) is 4.11. The van der Waals surface area contributed by atoms with Crippen LogP contribution in [0, 0.1) is 0 Å². The lowest BCUT2D eigenvalue weighted by molar-refractivity contribution is -0.117. The van der Waals surface area contributed by atoms with Crippen molar-refractivity contribution in [2.24, 2.45) is 5.73 Å². The molecule has 0 spiro atoms. The lowest BCUT2D eigenvalue weighted by Crippen LogP contribution is -2.27. The molecule has 4 nitrogen and oxygen atoms in total. The highest BCUT2D eigenvalue weighted by molar-refractivity contribution is 5.95. The van der Waals surface area contributed by atoms with Crippen molar-refractivity contribution >= 4 is 11.6 Å². The predicted molar refractivity (Wildman–Crippen MR) is 75.0 cm³/mol. The van der Waals surface area contributed by atoms with Gasteiger partial charge in [0, 0.05) is 5.69 Å². The molecule has 0 aliphatic carbocycles. The number of nitrogens with one attached hydrogen (secondary N) is 1. The van der Waals surface area contributed by atoms with Gasteiger partial charge in [-0.3, -0.25) is 4.79 Å². The fourth-order valence-electron chi connectivity index (χ4n) is 1.71. The molecule has 1 atom stereocenters. The third kappa shape index (κ3) is 3.33. The van der Waals surface area contributed by atoms with Crippen molar-refractivity contribution in [3.05, 3.63) is 60.2 Å². The van der Waals surface area contributed by atoms with Crippen molar-refractivity contribution in [1.29, 1.82) is 0 Å². The van der Waals surface area contributed by atoms with Gasteiger partial charge in [0.2, 0.25) is 5.91 Å². The Labute approximate surface area is 112 Å². The van der Waals surface area contributed by atoms with E-state index in [4.69, 9.17) is 10.5 Å². The Balaban J connectivity index is 2.04. The Kier molecular flexibility index (Phi) is 4.15. The zero-order valence-corrected chi connectivity index (χ0v) is 10.7. The quantitative estimate of drug-likeness (QED) is 0.882. The number of hydrogen-bond acceptors (Lipinski definition) is 3. The first-order valence-corrected chi connectivity index (χ1v) is 5.96. The van der Waals surface area contributed by atoms with E-state index in [0.29, 0.717) is 5.69 Å². The summed E-state index contributed by atoms with van der Waals surface area (Å²) in [6.07, 6.45) is 0. The topological polar surface area (TPSA) is 64.3 Å². The van der Waals surface area contributed by atoms with Crippen LogP contribution in [-0.2, 0) is 4.79 Å². The standard InChI is InChI=1S/C15H16N2O2/c1-19-13-9-7-12(8-10-13)17-15(18)14(16)11-5-3-2-4-6-11/h2-10,14H,16H2,1H3,(H,17,18)/t14-/m0/s1. The molecule has 4 heteroatoms. The minimum atomic E-state index is -0.677. The fraction of sp³-hybridized carbons (Fsp3) is 0.133. The number of methoxy groups -OCH3 is 1. The van der Waals surface area contributed by atoms with Crippen LogP contribution < -0.4 is 15.8 Å². The van der Waals surface area contributed by atoms with Crippen molar-refractivity contribution in [2.45, 2.75) is 6.04 Å². The largest absolute Gasteiger partial charge is 0.497 e. The van der Waals surface area contributed by atoms with Crippen molar-refractivity contribution in [1.82, 2.24) is 0 Å². The molecule has 0 aromatic heterocycles. The van der Waals surface area contributed by atoms with Crippen LogP contribution in [0.5, 0.6) is 5.75 Å². The van der Waals surface area contributed by atoms with Gasteiger partial charge in [-0.05, 0) is 29.8 Å². The summed E-state index contributed by atoms with van der Waals surface area (Å²) in [5.74, 6) is 0.502. The van der Waals surface area contributed by atoms with Crippen molar-refractivity contribution in [3.8, 4) is 5.75 Å². The summed E-state index contributed by atoms with van der Waals surface area (Å²) in [6, 6.07) is 15.7. The number of hydrogen-bond donors (Lipinski definition) is 2. The van der Waals surface area contributed by atoms with E-state index in [1.165, 1.54) is 0 Å². The molecule has 1 amide bonds. The Hall–Kier alpha value is -2.33. The molecule has 0 heterocycles. The first kappa shape index (κ1) is 13.1. The van der Waals surface area contributed by atoms with Gasteiger partial charge in [-0.15, -0.1) is 0 Å². The molecule has 0 bridgehead atoms. The highest BCUT2D eigenvalue weighted by Gasteiger charge is 2.15. The van der Waals surface area contributed by atoms with Gasteiger partial charge in [0.25, 0.3) is 0 Å². The number of ether oxygens (including phenoxy) is 1. The van der Waals surface area contributed by atoms with Crippen LogP contribution in [0.15, 0.2) is 54.6 Å². The summed E-state index contributed by atoms with van der Waals surface area (Å²) in [4.78, 5) is 12.0. The Morgan fingerprint density at radius 2 is 1.74 bits per heavy atom. The molecule has 0 fully saturated rings. The molecule has 0 saturated heterocycles. The van der Waals surface area contributed by atoms with E-state index < -0.39 is 6.04 Å². The molecule has 0 saturated carbocycles. The lowest BCUT2D eigenvalue weighted by atomic mass is 10.1. The van der Waals surface area contributed by atoms with Crippen molar-refractivity contribution in [2.75, 3.05) is 12.4 Å². The Morgan fingerprint density at radius 1 is 1.11 bits per heavy atom. The van der Waals surface area contributed by atoms with Gasteiger partial charge in [-0.1, -0.05) is 30.3 Å². The van der Waals surface area contributed by atoms with E-state index in [0.717, 1.165) is 11.3 Å². The monoisotopic (exact) mass is 256 g/mol. The van der Waals surface area contributed by atoms with E-state index in [9.17, 15) is 4.79 Å². The van der Waals surface area contributed by atoms with E-state index in [2.05, 4.69) is 5.32 Å². The van der Waals surface area contributed by atoms with Crippen LogP contribution in [0.4, 0.5) is 5.69 Å². The van der Waals surface area contributed by atoms with Crippen LogP contribution in [0.3, 0.4) is 0 Å². The maximum atomic E-state index is 12.0. The van der Waals surface area contributed by atoms with Gasteiger partial charge in [0.05, 0.1) is 7.11 Å². The normalized spacial score (nSPS) is 11.7. The van der Waals surface area contributed by atoms with Crippen LogP contribution in [-0.4, -0.2) is 13.0 Å². The molecule has 0 unspecified atom stereocenters. The van der Waals surface area contributed by atoms with Gasteiger partial charge in [-0.25, -0.2) is 0 Å². The number of anilines is 1. The van der Waals surface area contributed by atoms with Crippen molar-refractivity contribution in [3.63, 3.8) is 0 Å². The number of rotatable bonds is 4. The molecule has 0 aliphatic heterocycles. The van der Waals surface area contributed by atoms with Gasteiger partial charge in [0.1, 0.15) is 11.8 Å². The first-order chi connectivity index (χ1) is 9.20. The summed E-state index contributed by atoms with van der Waals surface area (Å²) in [6.45, 7) is 0. The van der Waals surface area contributed by atoms with Gasteiger partial charge < -0.3 is 15.8 Å². The highest BCUT2D eigenvalue weighted by atomic mass is 16.5. The molecule has 0 radical (unpaired) electrons. The van der Waals surface area contributed by atoms with Gasteiger partial charge >= 0.3 is 0 Å². The maximum absolute atomic E-state index is 12.0. The van der Waals surface area contributed by atoms with Crippen LogP contribution in [0.2, 0.25) is 0 Å². The van der Waals surface area contributed by atoms with E-state index in [1.54, 1.807) is 31.4 Å². The lowest BCUT2D eigenvalue weighted by Gasteiger charge is -2.12. The molecular formula is C15H16N2O2. The second-order valence-electron chi connectivity index (χ2n) is 4.11. The summed E-state index contributed by atoms with van der Waals surface area (Å²) < 4.78 is 5.05. The summed E-state index contributed by atoms with van der Waals surface area (Å²) >= 11 is 0. The molecule has 2 aromatic rings. The van der Waals surface area contributed by atoms with E-state index >= 15 is 0 Å². The zero-order valence-electron chi connectivity index (χ0n) is 10.7. The van der Waals surface area contributed by atoms with Crippen LogP contribution in [0.25, 0.3) is 0 Å². The van der Waals surface area contributed by atoms with Crippen LogP contribution in [0.1, 0.15) is 11.6 Å². The molecule has 2 rings (SSSR count). The fourth-order valence-corrected chi connectivity index (χ4v) is 1.71. The number of carbonyl (C=O) groups excluding carboxylic acids is 1. The highest BCUT2D eigenvalue weighted by Crippen LogP contribution is 2.17. The van der Waals surface area contributed by atoms with Crippen molar-refractivity contribution < 1.29 is 9.53 Å². The third-order valence-electron chi connectivity index (χ3n) is 2.80. The number of nitrogens with two attached hydrogens (primary N) is 1. The molecular weight excluding hydrogens is 240 g/mol. The van der Waals surface area contributed by atoms with Gasteiger partial charge in [-0.2, -0.15) is 0 Å². The number of benzene rings is 2. The molecule has 98 valence electrons. The third-order valence-corrected chi connectivity index (χ3v) is 2.80. The minimum Gasteiger partial charge on any atom is -0.497 e. The number of amides is 1. The Morgan fingerprint density at radius 3 is 2.32 bits per heavy atom. The maximum Gasteiger partial charge on any atom is 0.245 e. The smallest absolute Gasteiger partial charge is 0.245 e.